The maximum Gasteiger partial charge on any atom is 0.256 e. The van der Waals surface area contributed by atoms with E-state index < -0.39 is 0 Å². The average Bonchev–Trinajstić information content (AvgIpc) is 3.03. The summed E-state index contributed by atoms with van der Waals surface area (Å²) in [6.07, 6.45) is 5.80. The van der Waals surface area contributed by atoms with Crippen molar-refractivity contribution in [2.75, 3.05) is 13.1 Å². The maximum atomic E-state index is 12.6. The molecular weight excluding hydrogens is 329 g/mol. The molecule has 1 atom stereocenters. The Labute approximate surface area is 137 Å². The summed E-state index contributed by atoms with van der Waals surface area (Å²) >= 11 is 13.3. The smallest absolute Gasteiger partial charge is 0.256 e. The summed E-state index contributed by atoms with van der Waals surface area (Å²) in [5, 5.41) is 0. The Bertz CT molecular complexity index is 667. The fourth-order valence-corrected chi connectivity index (χ4v) is 4.24. The maximum absolute atomic E-state index is 12.6. The third-order valence-electron chi connectivity index (χ3n) is 3.83. The second kappa shape index (κ2) is 5.99. The lowest BCUT2D eigenvalue weighted by Gasteiger charge is -2.33. The van der Waals surface area contributed by atoms with Crippen LogP contribution in [-0.2, 0) is 0 Å². The van der Waals surface area contributed by atoms with Gasteiger partial charge in [0.25, 0.3) is 5.91 Å². The van der Waals surface area contributed by atoms with Gasteiger partial charge in [0.1, 0.15) is 10.2 Å². The average molecular weight is 344 g/mol. The molecule has 3 heterocycles. The van der Waals surface area contributed by atoms with Gasteiger partial charge < -0.3 is 9.47 Å². The normalized spacial score (nSPS) is 19.0. The summed E-state index contributed by atoms with van der Waals surface area (Å²) in [6.45, 7) is 3.42. The molecular formula is C14H15Cl2N3OS. The first kappa shape index (κ1) is 14.9. The van der Waals surface area contributed by atoms with E-state index in [4.69, 9.17) is 23.2 Å². The van der Waals surface area contributed by atoms with Gasteiger partial charge in [-0.15, -0.1) is 11.3 Å². The van der Waals surface area contributed by atoms with E-state index in [-0.39, 0.29) is 11.9 Å². The summed E-state index contributed by atoms with van der Waals surface area (Å²) in [6, 6.07) is 1.93. The molecule has 2 aromatic heterocycles. The second-order valence-electron chi connectivity index (χ2n) is 5.17. The number of amides is 1. The highest BCUT2D eigenvalue weighted by Gasteiger charge is 2.27. The van der Waals surface area contributed by atoms with Gasteiger partial charge in [0.15, 0.2) is 0 Å². The summed E-state index contributed by atoms with van der Waals surface area (Å²) in [4.78, 5) is 18.7. The van der Waals surface area contributed by atoms with E-state index in [9.17, 15) is 4.79 Å². The molecule has 112 valence electrons. The summed E-state index contributed by atoms with van der Waals surface area (Å²) in [5.41, 5.74) is 0.509. The number of piperidine rings is 1. The lowest BCUT2D eigenvalue weighted by atomic mass is 10.0. The van der Waals surface area contributed by atoms with Gasteiger partial charge in [-0.05, 0) is 25.8 Å². The first-order valence-electron chi connectivity index (χ1n) is 6.80. The number of halogens is 2. The molecule has 4 nitrogen and oxygen atoms in total. The standard InChI is InChI=1S/C14H15Cl2N3OS/c1-9-17-4-6-19(9)10-3-2-5-18(8-10)14(20)11-7-12(15)21-13(11)16/h4,6-7,10H,2-3,5,8H2,1H3/t10-/m0/s1. The second-order valence-corrected chi connectivity index (χ2v) is 7.45. The SMILES string of the molecule is Cc1nccn1[C@H]1CCCN(C(=O)c2cc(Cl)sc2Cl)C1. The predicted octanol–water partition coefficient (Wildman–Crippen LogP) is 4.04. The Hall–Kier alpha value is -1.04. The van der Waals surface area contributed by atoms with Gasteiger partial charge in [0.05, 0.1) is 15.9 Å². The molecule has 2 aromatic rings. The summed E-state index contributed by atoms with van der Waals surface area (Å²) < 4.78 is 3.15. The minimum atomic E-state index is -0.0365. The zero-order valence-corrected chi connectivity index (χ0v) is 13.9. The predicted molar refractivity (Wildman–Crippen MR) is 85.5 cm³/mol. The number of rotatable bonds is 2. The van der Waals surface area contributed by atoms with Crippen molar-refractivity contribution in [2.24, 2.45) is 0 Å². The third kappa shape index (κ3) is 2.96. The lowest BCUT2D eigenvalue weighted by molar-refractivity contribution is 0.0679. The molecule has 21 heavy (non-hydrogen) atoms. The van der Waals surface area contributed by atoms with Crippen LogP contribution in [0.3, 0.4) is 0 Å². The van der Waals surface area contributed by atoms with Gasteiger partial charge in [-0.1, -0.05) is 23.2 Å². The number of carbonyl (C=O) groups excluding carboxylic acids is 1. The quantitative estimate of drug-likeness (QED) is 0.825. The van der Waals surface area contributed by atoms with Crippen molar-refractivity contribution < 1.29 is 4.79 Å². The van der Waals surface area contributed by atoms with Crippen LogP contribution in [0.1, 0.15) is 35.1 Å². The van der Waals surface area contributed by atoms with Crippen LogP contribution in [-0.4, -0.2) is 33.4 Å². The number of hydrogen-bond acceptors (Lipinski definition) is 3. The number of thiophene rings is 1. The van der Waals surface area contributed by atoms with E-state index in [0.717, 1.165) is 25.2 Å². The highest BCUT2D eigenvalue weighted by Crippen LogP contribution is 2.33. The highest BCUT2D eigenvalue weighted by atomic mass is 35.5. The van der Waals surface area contributed by atoms with Crippen LogP contribution in [0.4, 0.5) is 0 Å². The van der Waals surface area contributed by atoms with Crippen LogP contribution < -0.4 is 0 Å². The molecule has 1 amide bonds. The van der Waals surface area contributed by atoms with Crippen LogP contribution in [0.5, 0.6) is 0 Å². The third-order valence-corrected chi connectivity index (χ3v) is 5.31. The number of aryl methyl sites for hydroxylation is 1. The number of carbonyl (C=O) groups is 1. The topological polar surface area (TPSA) is 38.1 Å². The monoisotopic (exact) mass is 343 g/mol. The number of aromatic nitrogens is 2. The number of likely N-dealkylation sites (tertiary alicyclic amines) is 1. The molecule has 1 aliphatic heterocycles. The van der Waals surface area contributed by atoms with Gasteiger partial charge in [-0.2, -0.15) is 0 Å². The Balaban J connectivity index is 1.79. The lowest BCUT2D eigenvalue weighted by Crippen LogP contribution is -2.40. The number of nitrogens with zero attached hydrogens (tertiary/aromatic N) is 3. The van der Waals surface area contributed by atoms with Crippen LogP contribution >= 0.6 is 34.5 Å². The molecule has 0 spiro atoms. The molecule has 0 aromatic carbocycles. The Morgan fingerprint density at radius 3 is 2.90 bits per heavy atom. The summed E-state index contributed by atoms with van der Waals surface area (Å²) in [7, 11) is 0. The Morgan fingerprint density at radius 1 is 1.48 bits per heavy atom. The van der Waals surface area contributed by atoms with Crippen LogP contribution in [0.15, 0.2) is 18.5 Å². The Morgan fingerprint density at radius 2 is 2.29 bits per heavy atom. The first-order valence-corrected chi connectivity index (χ1v) is 8.37. The van der Waals surface area contributed by atoms with Crippen LogP contribution in [0, 0.1) is 6.92 Å². The van der Waals surface area contributed by atoms with Crippen molar-refractivity contribution in [1.29, 1.82) is 0 Å². The van der Waals surface area contributed by atoms with Gasteiger partial charge in [-0.3, -0.25) is 4.79 Å². The molecule has 0 unspecified atom stereocenters. The van der Waals surface area contributed by atoms with Gasteiger partial charge in [0, 0.05) is 25.5 Å². The zero-order valence-electron chi connectivity index (χ0n) is 11.6. The van der Waals surface area contributed by atoms with Crippen molar-refractivity contribution in [3.05, 3.63) is 38.5 Å². The van der Waals surface area contributed by atoms with E-state index in [2.05, 4.69) is 9.55 Å². The van der Waals surface area contributed by atoms with Gasteiger partial charge in [-0.25, -0.2) is 4.98 Å². The molecule has 0 saturated carbocycles. The molecule has 7 heteroatoms. The van der Waals surface area contributed by atoms with Crippen LogP contribution in [0.25, 0.3) is 0 Å². The van der Waals surface area contributed by atoms with E-state index in [1.54, 1.807) is 12.3 Å². The van der Waals surface area contributed by atoms with Crippen molar-refractivity contribution in [2.45, 2.75) is 25.8 Å². The van der Waals surface area contributed by atoms with Gasteiger partial charge >= 0.3 is 0 Å². The fourth-order valence-electron chi connectivity index (χ4n) is 2.80. The molecule has 1 aliphatic rings. The minimum Gasteiger partial charge on any atom is -0.336 e. The fraction of sp³-hybridized carbons (Fsp3) is 0.429. The van der Waals surface area contributed by atoms with Crippen molar-refractivity contribution in [1.82, 2.24) is 14.5 Å². The van der Waals surface area contributed by atoms with E-state index in [0.29, 0.717) is 20.8 Å². The van der Waals surface area contributed by atoms with E-state index in [1.807, 2.05) is 18.0 Å². The number of imidazole rings is 1. The van der Waals surface area contributed by atoms with Crippen molar-refractivity contribution >= 4 is 40.4 Å². The van der Waals surface area contributed by atoms with Gasteiger partial charge in [0.2, 0.25) is 0 Å². The molecule has 0 N–H and O–H groups in total. The summed E-state index contributed by atoms with van der Waals surface area (Å²) in [5.74, 6) is 0.941. The molecule has 1 saturated heterocycles. The molecule has 0 bridgehead atoms. The molecule has 0 aliphatic carbocycles. The van der Waals surface area contributed by atoms with Crippen molar-refractivity contribution in [3.63, 3.8) is 0 Å². The van der Waals surface area contributed by atoms with Crippen molar-refractivity contribution in [3.8, 4) is 0 Å². The van der Waals surface area contributed by atoms with Crippen LogP contribution in [0.2, 0.25) is 8.67 Å². The largest absolute Gasteiger partial charge is 0.336 e. The Kier molecular flexibility index (Phi) is 4.24. The van der Waals surface area contributed by atoms with E-state index in [1.165, 1.54) is 11.3 Å². The number of hydrogen-bond donors (Lipinski definition) is 0. The highest BCUT2D eigenvalue weighted by molar-refractivity contribution is 7.20. The molecule has 0 radical (unpaired) electrons. The first-order chi connectivity index (χ1) is 10.1. The zero-order chi connectivity index (χ0) is 15.0. The minimum absolute atomic E-state index is 0.0365. The van der Waals surface area contributed by atoms with E-state index >= 15 is 0 Å². The molecule has 3 rings (SSSR count). The molecule has 1 fully saturated rings.